The van der Waals surface area contributed by atoms with Gasteiger partial charge in [-0.25, -0.2) is 9.97 Å². The van der Waals surface area contributed by atoms with Crippen molar-refractivity contribution in [2.24, 2.45) is 0 Å². The monoisotopic (exact) mass is 214 g/mol. The fourth-order valence-electron chi connectivity index (χ4n) is 1.08. The van der Waals surface area contributed by atoms with E-state index in [-0.39, 0.29) is 5.95 Å². The predicted molar refractivity (Wildman–Crippen MR) is 44.2 cm³/mol. The summed E-state index contributed by atoms with van der Waals surface area (Å²) < 4.78 is 38.0. The molecule has 0 spiro atoms. The molecule has 2 rings (SSSR count). The Morgan fingerprint density at radius 3 is 2.33 bits per heavy atom. The van der Waals surface area contributed by atoms with E-state index in [0.717, 1.165) is 12.3 Å². The zero-order chi connectivity index (χ0) is 10.9. The fourth-order valence-corrected chi connectivity index (χ4v) is 1.08. The van der Waals surface area contributed by atoms with E-state index in [0.29, 0.717) is 4.68 Å². The van der Waals surface area contributed by atoms with Crippen LogP contribution in [0, 0.1) is 0 Å². The first-order chi connectivity index (χ1) is 7.09. The normalized spacial score (nSPS) is 11.7. The lowest BCUT2D eigenvalue weighted by molar-refractivity contribution is -0.142. The molecular formula is C8H5F3N4. The SMILES string of the molecule is FC(F)(F)c1ccnn1-c1ncccn1. The fraction of sp³-hybridized carbons (Fsp3) is 0.125. The van der Waals surface area contributed by atoms with Crippen molar-refractivity contribution in [3.63, 3.8) is 0 Å². The third-order valence-electron chi connectivity index (χ3n) is 1.67. The first-order valence-electron chi connectivity index (χ1n) is 3.97. The molecule has 0 aliphatic carbocycles. The Hall–Kier alpha value is -1.92. The summed E-state index contributed by atoms with van der Waals surface area (Å²) in [6.07, 6.45) is -0.705. The minimum absolute atomic E-state index is 0.102. The van der Waals surface area contributed by atoms with Gasteiger partial charge in [0.05, 0.1) is 6.20 Å². The zero-order valence-corrected chi connectivity index (χ0v) is 7.31. The maximum atomic E-state index is 12.5. The van der Waals surface area contributed by atoms with Gasteiger partial charge in [-0.15, -0.1) is 0 Å². The molecule has 0 atom stereocenters. The second-order valence-electron chi connectivity index (χ2n) is 2.67. The van der Waals surface area contributed by atoms with Crippen LogP contribution in [0.1, 0.15) is 5.69 Å². The summed E-state index contributed by atoms with van der Waals surface area (Å²) >= 11 is 0. The molecule has 0 saturated carbocycles. The van der Waals surface area contributed by atoms with Crippen LogP contribution in [0.3, 0.4) is 0 Å². The van der Waals surface area contributed by atoms with E-state index >= 15 is 0 Å². The van der Waals surface area contributed by atoms with Gasteiger partial charge in [-0.2, -0.15) is 23.0 Å². The highest BCUT2D eigenvalue weighted by atomic mass is 19.4. The van der Waals surface area contributed by atoms with Crippen molar-refractivity contribution in [1.82, 2.24) is 19.7 Å². The van der Waals surface area contributed by atoms with Gasteiger partial charge in [0.25, 0.3) is 5.95 Å². The predicted octanol–water partition coefficient (Wildman–Crippen LogP) is 1.68. The molecule has 0 aromatic carbocycles. The van der Waals surface area contributed by atoms with Gasteiger partial charge >= 0.3 is 6.18 Å². The smallest absolute Gasteiger partial charge is 0.220 e. The summed E-state index contributed by atoms with van der Waals surface area (Å²) in [6, 6.07) is 2.39. The summed E-state index contributed by atoms with van der Waals surface area (Å²) in [5, 5.41) is 3.52. The molecule has 0 fully saturated rings. The van der Waals surface area contributed by atoms with Crippen molar-refractivity contribution in [2.75, 3.05) is 0 Å². The molecule has 78 valence electrons. The van der Waals surface area contributed by atoms with Crippen molar-refractivity contribution in [2.45, 2.75) is 6.18 Å². The van der Waals surface area contributed by atoms with Crippen LogP contribution >= 0.6 is 0 Å². The highest BCUT2D eigenvalue weighted by Gasteiger charge is 2.35. The van der Waals surface area contributed by atoms with Crippen molar-refractivity contribution < 1.29 is 13.2 Å². The number of nitrogens with zero attached hydrogens (tertiary/aromatic N) is 4. The maximum absolute atomic E-state index is 12.5. The van der Waals surface area contributed by atoms with Gasteiger partial charge in [0.2, 0.25) is 0 Å². The van der Waals surface area contributed by atoms with Gasteiger partial charge in [0, 0.05) is 12.4 Å². The minimum atomic E-state index is -4.46. The van der Waals surface area contributed by atoms with Crippen molar-refractivity contribution in [3.05, 3.63) is 36.4 Å². The molecule has 7 heteroatoms. The number of alkyl halides is 3. The standard InChI is InChI=1S/C8H5F3N4/c9-8(10,11)6-2-5-14-15(6)7-12-3-1-4-13-7/h1-5H. The summed E-state index contributed by atoms with van der Waals surface area (Å²) in [5.41, 5.74) is -0.895. The average molecular weight is 214 g/mol. The van der Waals surface area contributed by atoms with Gasteiger partial charge in [-0.3, -0.25) is 0 Å². The third-order valence-corrected chi connectivity index (χ3v) is 1.67. The van der Waals surface area contributed by atoms with Crippen LogP contribution in [0.4, 0.5) is 13.2 Å². The van der Waals surface area contributed by atoms with Gasteiger partial charge in [-0.1, -0.05) is 0 Å². The molecule has 0 aliphatic rings. The number of rotatable bonds is 1. The van der Waals surface area contributed by atoms with E-state index in [9.17, 15) is 13.2 Å². The largest absolute Gasteiger partial charge is 0.433 e. The highest BCUT2D eigenvalue weighted by molar-refractivity contribution is 5.17. The van der Waals surface area contributed by atoms with Gasteiger partial charge in [-0.05, 0) is 12.1 Å². The molecular weight excluding hydrogens is 209 g/mol. The Kier molecular flexibility index (Phi) is 2.14. The van der Waals surface area contributed by atoms with E-state index in [1.54, 1.807) is 0 Å². The molecule has 2 aromatic heterocycles. The average Bonchev–Trinajstić information content (AvgIpc) is 2.67. The molecule has 0 radical (unpaired) electrons. The number of hydrogen-bond donors (Lipinski definition) is 0. The molecule has 0 unspecified atom stereocenters. The topological polar surface area (TPSA) is 43.6 Å². The quantitative estimate of drug-likeness (QED) is 0.725. The second-order valence-corrected chi connectivity index (χ2v) is 2.67. The number of hydrogen-bond acceptors (Lipinski definition) is 3. The third kappa shape index (κ3) is 1.80. The summed E-state index contributed by atoms with van der Waals surface area (Å²) in [4.78, 5) is 7.37. The minimum Gasteiger partial charge on any atom is -0.220 e. The van der Waals surface area contributed by atoms with Crippen LogP contribution in [0.15, 0.2) is 30.7 Å². The van der Waals surface area contributed by atoms with Crippen LogP contribution in [0.25, 0.3) is 5.95 Å². The molecule has 15 heavy (non-hydrogen) atoms. The van der Waals surface area contributed by atoms with Crippen LogP contribution < -0.4 is 0 Å². The van der Waals surface area contributed by atoms with E-state index in [2.05, 4.69) is 15.1 Å². The Morgan fingerprint density at radius 2 is 1.73 bits per heavy atom. The first kappa shape index (κ1) is 9.63. The van der Waals surface area contributed by atoms with Gasteiger partial charge in [0.1, 0.15) is 0 Å². The lowest BCUT2D eigenvalue weighted by Gasteiger charge is -2.07. The van der Waals surface area contributed by atoms with Crippen LogP contribution in [0.2, 0.25) is 0 Å². The Morgan fingerprint density at radius 1 is 1.07 bits per heavy atom. The molecule has 0 saturated heterocycles. The summed E-state index contributed by atoms with van der Waals surface area (Å²) in [6.45, 7) is 0. The maximum Gasteiger partial charge on any atom is 0.433 e. The first-order valence-corrected chi connectivity index (χ1v) is 3.97. The molecule has 4 nitrogen and oxygen atoms in total. The molecule has 2 aromatic rings. The number of halogens is 3. The molecule has 0 amide bonds. The highest BCUT2D eigenvalue weighted by Crippen LogP contribution is 2.29. The van der Waals surface area contributed by atoms with Crippen molar-refractivity contribution in [1.29, 1.82) is 0 Å². The van der Waals surface area contributed by atoms with Gasteiger partial charge < -0.3 is 0 Å². The van der Waals surface area contributed by atoms with E-state index < -0.39 is 11.9 Å². The summed E-state index contributed by atoms with van der Waals surface area (Å²) in [7, 11) is 0. The van der Waals surface area contributed by atoms with E-state index in [4.69, 9.17) is 0 Å². The molecule has 2 heterocycles. The Balaban J connectivity index is 2.51. The molecule has 0 bridgehead atoms. The Labute approximate surface area is 82.4 Å². The van der Waals surface area contributed by atoms with Crippen LogP contribution in [-0.4, -0.2) is 19.7 Å². The molecule has 0 N–H and O–H groups in total. The number of aromatic nitrogens is 4. The van der Waals surface area contributed by atoms with E-state index in [1.165, 1.54) is 18.5 Å². The lowest BCUT2D eigenvalue weighted by Crippen LogP contribution is -2.14. The molecule has 0 aliphatic heterocycles. The zero-order valence-electron chi connectivity index (χ0n) is 7.31. The van der Waals surface area contributed by atoms with Crippen molar-refractivity contribution in [3.8, 4) is 5.95 Å². The van der Waals surface area contributed by atoms with Crippen LogP contribution in [-0.2, 0) is 6.18 Å². The summed E-state index contributed by atoms with van der Waals surface area (Å²) in [5.74, 6) is -0.102. The van der Waals surface area contributed by atoms with E-state index in [1.807, 2.05) is 0 Å². The van der Waals surface area contributed by atoms with Crippen LogP contribution in [0.5, 0.6) is 0 Å². The lowest BCUT2D eigenvalue weighted by atomic mass is 10.4. The van der Waals surface area contributed by atoms with Gasteiger partial charge in [0.15, 0.2) is 5.69 Å². The second kappa shape index (κ2) is 3.34. The Bertz CT molecular complexity index is 448. The van der Waals surface area contributed by atoms with Crippen molar-refractivity contribution >= 4 is 0 Å².